The van der Waals surface area contributed by atoms with E-state index in [-0.39, 0.29) is 19.1 Å². The third kappa shape index (κ3) is 3.49. The van der Waals surface area contributed by atoms with E-state index in [4.69, 9.17) is 9.47 Å². The highest BCUT2D eigenvalue weighted by molar-refractivity contribution is 7.09. The summed E-state index contributed by atoms with van der Waals surface area (Å²) in [5, 5.41) is 5.98. The van der Waals surface area contributed by atoms with Gasteiger partial charge in [0, 0.05) is 16.6 Å². The number of carbonyl (C=O) groups is 1. The van der Waals surface area contributed by atoms with Crippen LogP contribution >= 0.6 is 11.3 Å². The molecule has 4 rings (SSSR count). The number of rotatable bonds is 4. The van der Waals surface area contributed by atoms with E-state index in [2.05, 4.69) is 10.3 Å². The van der Waals surface area contributed by atoms with Gasteiger partial charge in [0.2, 0.25) is 12.7 Å². The monoisotopic (exact) mass is 352 g/mol. The number of anilines is 1. The molecule has 2 heterocycles. The van der Waals surface area contributed by atoms with Crippen molar-refractivity contribution in [2.75, 3.05) is 12.1 Å². The van der Waals surface area contributed by atoms with Crippen molar-refractivity contribution >= 4 is 22.9 Å². The number of aromatic nitrogens is 1. The van der Waals surface area contributed by atoms with Gasteiger partial charge in [0.25, 0.3) is 0 Å². The summed E-state index contributed by atoms with van der Waals surface area (Å²) in [7, 11) is 0. The number of carbonyl (C=O) groups excluding carboxylic acids is 1. The molecule has 1 aliphatic heterocycles. The number of benzene rings is 2. The Morgan fingerprint density at radius 2 is 1.96 bits per heavy atom. The molecule has 25 heavy (non-hydrogen) atoms. The number of ether oxygens (including phenoxy) is 2. The Labute approximate surface area is 149 Å². The number of nitrogens with one attached hydrogen (secondary N) is 1. The fourth-order valence-corrected chi connectivity index (χ4v) is 3.28. The molecular weight excluding hydrogens is 336 g/mol. The van der Waals surface area contributed by atoms with Crippen LogP contribution < -0.4 is 14.8 Å². The standard InChI is InChI=1S/C19H16N2O3S/c1-12-20-16(10-25-12)14-3-5-15(6-4-14)21-19(22)9-13-2-7-17-18(8-13)24-11-23-17/h2-8,10H,9,11H2,1H3,(H,21,22). The van der Waals surface area contributed by atoms with Crippen molar-refractivity contribution in [1.29, 1.82) is 0 Å². The minimum absolute atomic E-state index is 0.0730. The smallest absolute Gasteiger partial charge is 0.231 e. The fraction of sp³-hybridized carbons (Fsp3) is 0.158. The molecule has 1 aromatic heterocycles. The van der Waals surface area contributed by atoms with Crippen LogP contribution in [0, 0.1) is 6.92 Å². The molecule has 0 bridgehead atoms. The Morgan fingerprint density at radius 1 is 1.16 bits per heavy atom. The van der Waals surface area contributed by atoms with E-state index in [1.807, 2.05) is 54.8 Å². The number of fused-ring (bicyclic) bond motifs is 1. The largest absolute Gasteiger partial charge is 0.454 e. The molecule has 1 aliphatic rings. The van der Waals surface area contributed by atoms with E-state index in [1.54, 1.807) is 11.3 Å². The Bertz CT molecular complexity index is 919. The number of hydrogen-bond donors (Lipinski definition) is 1. The van der Waals surface area contributed by atoms with Gasteiger partial charge in [0.15, 0.2) is 11.5 Å². The second-order valence-electron chi connectivity index (χ2n) is 5.74. The van der Waals surface area contributed by atoms with E-state index >= 15 is 0 Å². The second-order valence-corrected chi connectivity index (χ2v) is 6.80. The summed E-state index contributed by atoms with van der Waals surface area (Å²) < 4.78 is 10.6. The molecule has 126 valence electrons. The number of nitrogens with zero attached hydrogens (tertiary/aromatic N) is 1. The fourth-order valence-electron chi connectivity index (χ4n) is 2.66. The van der Waals surface area contributed by atoms with Gasteiger partial charge in [-0.15, -0.1) is 11.3 Å². The minimum Gasteiger partial charge on any atom is -0.454 e. The first kappa shape index (κ1) is 15.7. The van der Waals surface area contributed by atoms with Gasteiger partial charge in [-0.1, -0.05) is 18.2 Å². The molecule has 0 atom stereocenters. The van der Waals surface area contributed by atoms with Crippen LogP contribution in [0.25, 0.3) is 11.3 Å². The number of thiazole rings is 1. The van der Waals surface area contributed by atoms with Crippen LogP contribution in [0.4, 0.5) is 5.69 Å². The Kier molecular flexibility index (Phi) is 4.11. The normalized spacial score (nSPS) is 12.2. The summed E-state index contributed by atoms with van der Waals surface area (Å²) in [6, 6.07) is 13.3. The summed E-state index contributed by atoms with van der Waals surface area (Å²) in [6.07, 6.45) is 0.281. The molecule has 1 N–H and O–H groups in total. The van der Waals surface area contributed by atoms with Gasteiger partial charge in [-0.25, -0.2) is 4.98 Å². The zero-order valence-electron chi connectivity index (χ0n) is 13.6. The van der Waals surface area contributed by atoms with Crippen molar-refractivity contribution in [3.05, 3.63) is 58.4 Å². The SMILES string of the molecule is Cc1nc(-c2ccc(NC(=O)Cc3ccc4c(c3)OCO4)cc2)cs1. The number of amides is 1. The molecule has 3 aromatic rings. The van der Waals surface area contributed by atoms with Crippen LogP contribution in [0.3, 0.4) is 0 Å². The van der Waals surface area contributed by atoms with Gasteiger partial charge in [0.05, 0.1) is 17.1 Å². The predicted octanol–water partition coefficient (Wildman–Crippen LogP) is 4.03. The molecule has 0 saturated heterocycles. The number of aryl methyl sites for hydroxylation is 1. The molecule has 1 amide bonds. The predicted molar refractivity (Wildman–Crippen MR) is 97.2 cm³/mol. The molecule has 6 heteroatoms. The van der Waals surface area contributed by atoms with E-state index in [0.717, 1.165) is 33.3 Å². The van der Waals surface area contributed by atoms with E-state index in [0.29, 0.717) is 5.75 Å². The molecular formula is C19H16N2O3S. The average Bonchev–Trinajstić information content (AvgIpc) is 3.24. The van der Waals surface area contributed by atoms with Crippen molar-refractivity contribution in [2.45, 2.75) is 13.3 Å². The van der Waals surface area contributed by atoms with E-state index < -0.39 is 0 Å². The quantitative estimate of drug-likeness (QED) is 0.770. The van der Waals surface area contributed by atoms with Crippen molar-refractivity contribution in [2.24, 2.45) is 0 Å². The van der Waals surface area contributed by atoms with E-state index in [1.165, 1.54) is 0 Å². The van der Waals surface area contributed by atoms with Crippen LogP contribution in [0.2, 0.25) is 0 Å². The Morgan fingerprint density at radius 3 is 2.72 bits per heavy atom. The number of hydrogen-bond acceptors (Lipinski definition) is 5. The second kappa shape index (κ2) is 6.57. The van der Waals surface area contributed by atoms with Crippen molar-refractivity contribution in [1.82, 2.24) is 4.98 Å². The summed E-state index contributed by atoms with van der Waals surface area (Å²) in [4.78, 5) is 16.7. The molecule has 0 saturated carbocycles. The Balaban J connectivity index is 1.40. The topological polar surface area (TPSA) is 60.5 Å². The van der Waals surface area contributed by atoms with Gasteiger partial charge < -0.3 is 14.8 Å². The summed E-state index contributed by atoms with van der Waals surface area (Å²) >= 11 is 1.62. The molecule has 0 unspecified atom stereocenters. The summed E-state index contributed by atoms with van der Waals surface area (Å²) in [6.45, 7) is 2.22. The lowest BCUT2D eigenvalue weighted by molar-refractivity contribution is -0.115. The average molecular weight is 352 g/mol. The third-order valence-electron chi connectivity index (χ3n) is 3.89. The van der Waals surface area contributed by atoms with Crippen LogP contribution in [0.1, 0.15) is 10.6 Å². The van der Waals surface area contributed by atoms with Gasteiger partial charge in [-0.05, 0) is 36.8 Å². The lowest BCUT2D eigenvalue weighted by atomic mass is 10.1. The zero-order valence-corrected chi connectivity index (χ0v) is 14.4. The maximum Gasteiger partial charge on any atom is 0.231 e. The van der Waals surface area contributed by atoms with Gasteiger partial charge >= 0.3 is 0 Å². The highest BCUT2D eigenvalue weighted by Gasteiger charge is 2.14. The zero-order chi connectivity index (χ0) is 17.2. The van der Waals surface area contributed by atoms with Gasteiger partial charge in [-0.3, -0.25) is 4.79 Å². The Hall–Kier alpha value is -2.86. The lowest BCUT2D eigenvalue weighted by Gasteiger charge is -2.07. The molecule has 0 fully saturated rings. The van der Waals surface area contributed by atoms with Crippen molar-refractivity contribution < 1.29 is 14.3 Å². The van der Waals surface area contributed by atoms with E-state index in [9.17, 15) is 4.79 Å². The van der Waals surface area contributed by atoms with Gasteiger partial charge in [-0.2, -0.15) is 0 Å². The first-order chi connectivity index (χ1) is 12.2. The first-order valence-electron chi connectivity index (χ1n) is 7.88. The summed E-state index contributed by atoms with van der Waals surface area (Å²) in [5.41, 5.74) is 3.65. The maximum atomic E-state index is 12.2. The van der Waals surface area contributed by atoms with Crippen LogP contribution in [0.5, 0.6) is 11.5 Å². The minimum atomic E-state index is -0.0730. The maximum absolute atomic E-state index is 12.2. The van der Waals surface area contributed by atoms with Crippen LogP contribution in [0.15, 0.2) is 47.8 Å². The molecule has 5 nitrogen and oxygen atoms in total. The van der Waals surface area contributed by atoms with Crippen LogP contribution in [-0.4, -0.2) is 17.7 Å². The molecule has 0 aliphatic carbocycles. The highest BCUT2D eigenvalue weighted by atomic mass is 32.1. The molecule has 2 aromatic carbocycles. The molecule has 0 radical (unpaired) electrons. The lowest BCUT2D eigenvalue weighted by Crippen LogP contribution is -2.14. The highest BCUT2D eigenvalue weighted by Crippen LogP contribution is 2.32. The van der Waals surface area contributed by atoms with Crippen molar-refractivity contribution in [3.63, 3.8) is 0 Å². The van der Waals surface area contributed by atoms with Crippen LogP contribution in [-0.2, 0) is 11.2 Å². The summed E-state index contributed by atoms with van der Waals surface area (Å²) in [5.74, 6) is 1.33. The molecule has 0 spiro atoms. The first-order valence-corrected chi connectivity index (χ1v) is 8.76. The van der Waals surface area contributed by atoms with Gasteiger partial charge in [0.1, 0.15) is 0 Å². The van der Waals surface area contributed by atoms with Crippen molar-refractivity contribution in [3.8, 4) is 22.8 Å². The third-order valence-corrected chi connectivity index (χ3v) is 4.66.